The van der Waals surface area contributed by atoms with Gasteiger partial charge in [-0.1, -0.05) is 32.9 Å². The fourth-order valence-corrected chi connectivity index (χ4v) is 4.00. The first-order chi connectivity index (χ1) is 13.3. The molecule has 2 atom stereocenters. The number of rotatable bonds is 7. The van der Waals surface area contributed by atoms with Gasteiger partial charge in [-0.3, -0.25) is 4.79 Å². The van der Waals surface area contributed by atoms with E-state index in [2.05, 4.69) is 68.2 Å². The highest BCUT2D eigenvalue weighted by molar-refractivity contribution is 5.76. The summed E-state index contributed by atoms with van der Waals surface area (Å²) in [7, 11) is 2.08. The van der Waals surface area contributed by atoms with E-state index < -0.39 is 0 Å². The number of carbonyl (C=O) groups is 1. The van der Waals surface area contributed by atoms with Crippen molar-refractivity contribution in [2.45, 2.75) is 45.1 Å². The summed E-state index contributed by atoms with van der Waals surface area (Å²) in [5, 5.41) is 3.00. The molecule has 5 nitrogen and oxygen atoms in total. The van der Waals surface area contributed by atoms with Crippen molar-refractivity contribution in [2.75, 3.05) is 26.2 Å². The van der Waals surface area contributed by atoms with Gasteiger partial charge < -0.3 is 19.5 Å². The van der Waals surface area contributed by atoms with Crippen LogP contribution in [0.1, 0.15) is 50.9 Å². The first kappa shape index (κ1) is 20.5. The third kappa shape index (κ3) is 5.16. The van der Waals surface area contributed by atoms with Crippen molar-refractivity contribution in [3.63, 3.8) is 0 Å². The number of hydrogen-bond donors (Lipinski definition) is 2. The molecule has 0 saturated carbocycles. The maximum Gasteiger partial charge on any atom is 0.275 e. The molecule has 2 N–H and O–H groups in total. The molecule has 1 aliphatic heterocycles. The van der Waals surface area contributed by atoms with E-state index in [9.17, 15) is 4.79 Å². The van der Waals surface area contributed by atoms with Crippen molar-refractivity contribution in [3.8, 4) is 5.75 Å². The molecular weight excluding hydrogens is 350 g/mol. The lowest BCUT2D eigenvalue weighted by Crippen LogP contribution is -3.11. The van der Waals surface area contributed by atoms with Crippen LogP contribution in [0, 0.1) is 0 Å². The van der Waals surface area contributed by atoms with Crippen molar-refractivity contribution < 1.29 is 14.4 Å². The Bertz CT molecular complexity index is 774. The molecule has 1 aromatic heterocycles. The van der Waals surface area contributed by atoms with Gasteiger partial charge in [0.15, 0.2) is 6.54 Å². The molecule has 1 saturated heterocycles. The van der Waals surface area contributed by atoms with Gasteiger partial charge in [0.2, 0.25) is 0 Å². The van der Waals surface area contributed by atoms with E-state index in [0.29, 0.717) is 25.7 Å². The standard InChI is InChI=1S/C23H33N3O2/c1-23(2,3)18-9-11-19(12-10-18)28-16-13-24-22(27)17-26-15-6-8-21(26)20-7-5-14-25(20)4/h5,7,9-12,14,21H,6,8,13,15-17H2,1-4H3,(H,24,27)/p+1/t21-/m0/s1. The molecule has 1 aromatic carbocycles. The van der Waals surface area contributed by atoms with Gasteiger partial charge in [-0.15, -0.1) is 0 Å². The maximum absolute atomic E-state index is 12.4. The number of benzene rings is 1. The smallest absolute Gasteiger partial charge is 0.275 e. The Balaban J connectivity index is 1.40. The summed E-state index contributed by atoms with van der Waals surface area (Å²) in [6.45, 7) is 9.18. The predicted molar refractivity (Wildman–Crippen MR) is 112 cm³/mol. The van der Waals surface area contributed by atoms with Gasteiger partial charge in [-0.25, -0.2) is 0 Å². The van der Waals surface area contributed by atoms with Crippen molar-refractivity contribution in [1.29, 1.82) is 0 Å². The largest absolute Gasteiger partial charge is 0.492 e. The Morgan fingerprint density at radius 1 is 1.25 bits per heavy atom. The molecule has 2 aromatic rings. The van der Waals surface area contributed by atoms with Gasteiger partial charge in [0.05, 0.1) is 18.8 Å². The lowest BCUT2D eigenvalue weighted by atomic mass is 9.87. The van der Waals surface area contributed by atoms with Gasteiger partial charge >= 0.3 is 0 Å². The highest BCUT2D eigenvalue weighted by Gasteiger charge is 2.32. The molecule has 0 spiro atoms. The van der Waals surface area contributed by atoms with Crippen LogP contribution >= 0.6 is 0 Å². The Labute approximate surface area is 168 Å². The minimum absolute atomic E-state index is 0.0998. The summed E-state index contributed by atoms with van der Waals surface area (Å²) in [6, 6.07) is 12.9. The molecule has 0 aliphatic carbocycles. The minimum Gasteiger partial charge on any atom is -0.492 e. The molecule has 1 amide bonds. The molecule has 1 unspecified atom stereocenters. The van der Waals surface area contributed by atoms with Gasteiger partial charge in [-0.05, 0) is 35.2 Å². The van der Waals surface area contributed by atoms with Crippen LogP contribution in [-0.4, -0.2) is 36.7 Å². The van der Waals surface area contributed by atoms with E-state index in [4.69, 9.17) is 4.74 Å². The zero-order valence-corrected chi connectivity index (χ0v) is 17.6. The third-order valence-electron chi connectivity index (χ3n) is 5.63. The fourth-order valence-electron chi connectivity index (χ4n) is 4.00. The summed E-state index contributed by atoms with van der Waals surface area (Å²) >= 11 is 0. The lowest BCUT2D eigenvalue weighted by Gasteiger charge is -2.21. The summed E-state index contributed by atoms with van der Waals surface area (Å²) < 4.78 is 7.94. The molecule has 5 heteroatoms. The quantitative estimate of drug-likeness (QED) is 0.720. The lowest BCUT2D eigenvalue weighted by molar-refractivity contribution is -0.911. The normalized spacial score (nSPS) is 19.6. The Morgan fingerprint density at radius 2 is 2.00 bits per heavy atom. The van der Waals surface area contributed by atoms with Crippen molar-refractivity contribution >= 4 is 5.91 Å². The van der Waals surface area contributed by atoms with Crippen LogP contribution < -0.4 is 15.0 Å². The Hall–Kier alpha value is -2.27. The van der Waals surface area contributed by atoms with E-state index in [-0.39, 0.29) is 11.3 Å². The fraction of sp³-hybridized carbons (Fsp3) is 0.522. The maximum atomic E-state index is 12.4. The summed E-state index contributed by atoms with van der Waals surface area (Å²) in [6.07, 6.45) is 4.40. The number of nitrogens with zero attached hydrogens (tertiary/aromatic N) is 1. The van der Waals surface area contributed by atoms with Crippen LogP contribution in [0.3, 0.4) is 0 Å². The number of quaternary nitrogens is 1. The number of aryl methyl sites for hydroxylation is 1. The highest BCUT2D eigenvalue weighted by atomic mass is 16.5. The van der Waals surface area contributed by atoms with Gasteiger partial charge in [-0.2, -0.15) is 0 Å². The van der Waals surface area contributed by atoms with Gasteiger partial charge in [0.25, 0.3) is 5.91 Å². The van der Waals surface area contributed by atoms with Crippen molar-refractivity contribution in [1.82, 2.24) is 9.88 Å². The topological polar surface area (TPSA) is 47.7 Å². The number of nitrogens with one attached hydrogen (secondary N) is 2. The van der Waals surface area contributed by atoms with E-state index in [1.165, 1.54) is 22.6 Å². The van der Waals surface area contributed by atoms with Crippen LogP contribution in [0.5, 0.6) is 5.75 Å². The molecular formula is C23H34N3O2+. The Morgan fingerprint density at radius 3 is 2.64 bits per heavy atom. The molecule has 0 radical (unpaired) electrons. The molecule has 0 bridgehead atoms. The van der Waals surface area contributed by atoms with Crippen LogP contribution in [0.15, 0.2) is 42.6 Å². The number of amides is 1. The highest BCUT2D eigenvalue weighted by Crippen LogP contribution is 2.24. The van der Waals surface area contributed by atoms with E-state index >= 15 is 0 Å². The molecule has 1 aliphatic rings. The second-order valence-corrected chi connectivity index (χ2v) is 8.80. The summed E-state index contributed by atoms with van der Waals surface area (Å²) in [5.41, 5.74) is 2.75. The number of likely N-dealkylation sites (tertiary alicyclic amines) is 1. The zero-order chi connectivity index (χ0) is 20.1. The second kappa shape index (κ2) is 8.82. The zero-order valence-electron chi connectivity index (χ0n) is 17.6. The average Bonchev–Trinajstić information content (AvgIpc) is 3.26. The first-order valence-electron chi connectivity index (χ1n) is 10.3. The summed E-state index contributed by atoms with van der Waals surface area (Å²) in [4.78, 5) is 13.7. The monoisotopic (exact) mass is 384 g/mol. The van der Waals surface area contributed by atoms with Gasteiger partial charge in [0, 0.05) is 26.1 Å². The van der Waals surface area contributed by atoms with Crippen molar-refractivity contribution in [2.24, 2.45) is 7.05 Å². The molecule has 3 rings (SSSR count). The first-order valence-corrected chi connectivity index (χ1v) is 10.3. The van der Waals surface area contributed by atoms with E-state index in [1.54, 1.807) is 0 Å². The third-order valence-corrected chi connectivity index (χ3v) is 5.63. The van der Waals surface area contributed by atoms with Crippen LogP contribution in [0.25, 0.3) is 0 Å². The van der Waals surface area contributed by atoms with Crippen LogP contribution in [-0.2, 0) is 17.3 Å². The molecule has 1 fully saturated rings. The number of hydrogen-bond acceptors (Lipinski definition) is 2. The van der Waals surface area contributed by atoms with E-state index in [1.807, 2.05) is 12.1 Å². The SMILES string of the molecule is Cn1cccc1[C@@H]1CCC[NH+]1CC(=O)NCCOc1ccc(C(C)(C)C)cc1. The molecule has 2 heterocycles. The van der Waals surface area contributed by atoms with E-state index in [0.717, 1.165) is 18.7 Å². The Kier molecular flexibility index (Phi) is 6.45. The average molecular weight is 385 g/mol. The second-order valence-electron chi connectivity index (χ2n) is 8.80. The van der Waals surface area contributed by atoms with Crippen LogP contribution in [0.4, 0.5) is 0 Å². The van der Waals surface area contributed by atoms with Crippen LogP contribution in [0.2, 0.25) is 0 Å². The number of ether oxygens (including phenoxy) is 1. The number of aromatic nitrogens is 1. The molecule has 28 heavy (non-hydrogen) atoms. The minimum atomic E-state index is 0.0998. The summed E-state index contributed by atoms with van der Waals surface area (Å²) in [5.74, 6) is 0.943. The van der Waals surface area contributed by atoms with Crippen molar-refractivity contribution in [3.05, 3.63) is 53.9 Å². The predicted octanol–water partition coefficient (Wildman–Crippen LogP) is 2.24. The van der Waals surface area contributed by atoms with Gasteiger partial charge in [0.1, 0.15) is 18.4 Å². The molecule has 152 valence electrons. The number of carbonyl (C=O) groups excluding carboxylic acids is 1.